The van der Waals surface area contributed by atoms with Gasteiger partial charge in [0, 0.05) is 49.6 Å². The number of aryl methyl sites for hydroxylation is 1. The zero-order chi connectivity index (χ0) is 23.8. The minimum Gasteiger partial charge on any atom is -0.378 e. The molecule has 2 aromatic rings. The maximum Gasteiger partial charge on any atom is 0.250 e. The van der Waals surface area contributed by atoms with E-state index in [-0.39, 0.29) is 12.0 Å². The van der Waals surface area contributed by atoms with Gasteiger partial charge < -0.3 is 16.0 Å². The molecular weight excluding hydrogens is 428 g/mol. The van der Waals surface area contributed by atoms with Crippen LogP contribution in [0.3, 0.4) is 0 Å². The third-order valence-corrected chi connectivity index (χ3v) is 6.55. The lowest BCUT2D eigenvalue weighted by Crippen LogP contribution is -2.41. The number of carbonyl (C=O) groups is 1. The fourth-order valence-corrected chi connectivity index (χ4v) is 4.63. The molecule has 1 amide bonds. The van der Waals surface area contributed by atoms with Gasteiger partial charge in [0.05, 0.1) is 34.4 Å². The van der Waals surface area contributed by atoms with Crippen LogP contribution in [-0.4, -0.2) is 45.5 Å². The molecule has 0 bridgehead atoms. The molecule has 1 aliphatic carbocycles. The van der Waals surface area contributed by atoms with Gasteiger partial charge in [-0.25, -0.2) is 9.98 Å². The van der Waals surface area contributed by atoms with E-state index in [9.17, 15) is 4.79 Å². The first-order chi connectivity index (χ1) is 16.5. The number of primary amides is 1. The first kappa shape index (κ1) is 21.6. The zero-order valence-corrected chi connectivity index (χ0v) is 19.1. The Balaban J connectivity index is 1.40. The summed E-state index contributed by atoms with van der Waals surface area (Å²) in [5.74, 6) is 0.610. The number of anilines is 1. The largest absolute Gasteiger partial charge is 0.378 e. The Hall–Kier alpha value is -4.19. The molecule has 1 fully saturated rings. The summed E-state index contributed by atoms with van der Waals surface area (Å²) in [4.78, 5) is 23.8. The molecule has 3 N–H and O–H groups in total. The van der Waals surface area contributed by atoms with Crippen LogP contribution in [0.2, 0.25) is 0 Å². The van der Waals surface area contributed by atoms with Crippen LogP contribution < -0.4 is 16.0 Å². The van der Waals surface area contributed by atoms with Crippen molar-refractivity contribution in [3.63, 3.8) is 0 Å². The lowest BCUT2D eigenvalue weighted by Gasteiger charge is -2.26. The molecule has 4 heterocycles. The summed E-state index contributed by atoms with van der Waals surface area (Å²) in [6, 6.07) is 5.82. The molecule has 3 atom stereocenters. The van der Waals surface area contributed by atoms with E-state index in [0.29, 0.717) is 29.3 Å². The Labute approximate surface area is 198 Å². The topological polar surface area (TPSA) is 125 Å². The smallest absolute Gasteiger partial charge is 0.250 e. The molecule has 1 saturated heterocycles. The number of nitrogens with two attached hydrogens (primary N) is 1. The quantitative estimate of drug-likeness (QED) is 0.688. The second-order valence-electron chi connectivity index (χ2n) is 8.82. The van der Waals surface area contributed by atoms with Crippen molar-refractivity contribution in [1.29, 1.82) is 5.26 Å². The van der Waals surface area contributed by atoms with Crippen LogP contribution in [0.25, 0.3) is 5.70 Å². The van der Waals surface area contributed by atoms with E-state index >= 15 is 0 Å². The average Bonchev–Trinajstić information content (AvgIpc) is 3.57. The van der Waals surface area contributed by atoms with Crippen LogP contribution in [0.4, 0.5) is 5.82 Å². The van der Waals surface area contributed by atoms with Gasteiger partial charge in [-0.3, -0.25) is 9.48 Å². The second kappa shape index (κ2) is 8.63. The predicted octanol–water partition coefficient (Wildman–Crippen LogP) is 2.01. The Bertz CT molecular complexity index is 1290. The minimum absolute atomic E-state index is 0.0291. The number of nitriles is 1. The van der Waals surface area contributed by atoms with Crippen molar-refractivity contribution in [3.05, 3.63) is 71.3 Å². The van der Waals surface area contributed by atoms with Crippen molar-refractivity contribution >= 4 is 23.1 Å². The highest BCUT2D eigenvalue weighted by Gasteiger charge is 2.35. The van der Waals surface area contributed by atoms with Crippen molar-refractivity contribution in [2.45, 2.75) is 26.4 Å². The molecule has 3 aliphatic rings. The lowest BCUT2D eigenvalue weighted by atomic mass is 9.91. The fraction of sp³-hybridized carbons (Fsp3) is 0.320. The summed E-state index contributed by atoms with van der Waals surface area (Å²) in [6.45, 7) is 6.51. The van der Waals surface area contributed by atoms with Gasteiger partial charge in [0.25, 0.3) is 5.91 Å². The van der Waals surface area contributed by atoms with Crippen LogP contribution >= 0.6 is 0 Å². The van der Waals surface area contributed by atoms with Gasteiger partial charge in [-0.05, 0) is 31.1 Å². The van der Waals surface area contributed by atoms with E-state index in [2.05, 4.69) is 39.4 Å². The predicted molar refractivity (Wildman–Crippen MR) is 129 cm³/mol. The number of rotatable bonds is 6. The number of pyridine rings is 1. The first-order valence-electron chi connectivity index (χ1n) is 11.4. The van der Waals surface area contributed by atoms with Gasteiger partial charge in [-0.1, -0.05) is 19.1 Å². The van der Waals surface area contributed by atoms with E-state index in [4.69, 9.17) is 16.0 Å². The SMILES string of the molecule is CCn1cc(C2=CC3C=CC(C(N)=O)=C(N[C@@H]4CN(c5ccc(C#N)cn5)C[C@@H]4C)C3=N2)cn1. The maximum absolute atomic E-state index is 12.3. The fourth-order valence-electron chi connectivity index (χ4n) is 4.63. The summed E-state index contributed by atoms with van der Waals surface area (Å²) in [5, 5.41) is 17.0. The van der Waals surface area contributed by atoms with Crippen molar-refractivity contribution in [2.75, 3.05) is 18.0 Å². The van der Waals surface area contributed by atoms with E-state index in [1.807, 2.05) is 36.1 Å². The third kappa shape index (κ3) is 3.88. The number of hydrogen-bond acceptors (Lipinski definition) is 7. The number of nitrogens with one attached hydrogen (secondary N) is 1. The molecule has 2 aliphatic heterocycles. The number of carbonyl (C=O) groups excluding carboxylic acids is 1. The first-order valence-corrected chi connectivity index (χ1v) is 11.4. The minimum atomic E-state index is -0.483. The van der Waals surface area contributed by atoms with E-state index in [1.54, 1.807) is 18.3 Å². The molecule has 0 aromatic carbocycles. The highest BCUT2D eigenvalue weighted by molar-refractivity contribution is 6.16. The number of allylic oxidation sites excluding steroid dienone is 3. The van der Waals surface area contributed by atoms with Crippen molar-refractivity contribution in [3.8, 4) is 6.07 Å². The summed E-state index contributed by atoms with van der Waals surface area (Å²) in [5.41, 5.74) is 10.0. The van der Waals surface area contributed by atoms with E-state index in [0.717, 1.165) is 35.9 Å². The average molecular weight is 455 g/mol. The van der Waals surface area contributed by atoms with E-state index in [1.165, 1.54) is 0 Å². The van der Waals surface area contributed by atoms with Gasteiger partial charge >= 0.3 is 0 Å². The molecule has 1 unspecified atom stereocenters. The van der Waals surface area contributed by atoms with Crippen LogP contribution in [-0.2, 0) is 11.3 Å². The molecule has 0 radical (unpaired) electrons. The number of nitrogens with zero attached hydrogens (tertiary/aromatic N) is 6. The van der Waals surface area contributed by atoms with Gasteiger partial charge in [-0.15, -0.1) is 0 Å². The molecule has 2 aromatic heterocycles. The molecule has 0 spiro atoms. The van der Waals surface area contributed by atoms with Gasteiger partial charge in [-0.2, -0.15) is 10.4 Å². The van der Waals surface area contributed by atoms with Crippen molar-refractivity contribution in [1.82, 2.24) is 20.1 Å². The summed E-state index contributed by atoms with van der Waals surface area (Å²) in [6.07, 6.45) is 11.2. The number of fused-ring (bicyclic) bond motifs is 1. The van der Waals surface area contributed by atoms with Crippen molar-refractivity contribution < 1.29 is 4.79 Å². The maximum atomic E-state index is 12.3. The summed E-state index contributed by atoms with van der Waals surface area (Å²) in [7, 11) is 0. The number of amides is 1. The van der Waals surface area contributed by atoms with Crippen molar-refractivity contribution in [2.24, 2.45) is 22.6 Å². The molecule has 172 valence electrons. The second-order valence-corrected chi connectivity index (χ2v) is 8.82. The monoisotopic (exact) mass is 454 g/mol. The summed E-state index contributed by atoms with van der Waals surface area (Å²) >= 11 is 0. The number of aromatic nitrogens is 3. The normalized spacial score (nSPS) is 23.4. The Kier molecular flexibility index (Phi) is 5.49. The molecule has 5 rings (SSSR count). The highest BCUT2D eigenvalue weighted by atomic mass is 16.1. The Morgan fingerprint density at radius 1 is 1.32 bits per heavy atom. The van der Waals surface area contributed by atoms with Gasteiger partial charge in [0.1, 0.15) is 11.9 Å². The van der Waals surface area contributed by atoms with Crippen LogP contribution in [0, 0.1) is 23.2 Å². The third-order valence-electron chi connectivity index (χ3n) is 6.55. The lowest BCUT2D eigenvalue weighted by molar-refractivity contribution is -0.114. The molecule has 9 nitrogen and oxygen atoms in total. The van der Waals surface area contributed by atoms with Gasteiger partial charge in [0.2, 0.25) is 0 Å². The van der Waals surface area contributed by atoms with Gasteiger partial charge in [0.15, 0.2) is 0 Å². The molecule has 9 heteroatoms. The van der Waals surface area contributed by atoms with E-state index < -0.39 is 5.91 Å². The van der Waals surface area contributed by atoms with Crippen LogP contribution in [0.1, 0.15) is 25.0 Å². The highest BCUT2D eigenvalue weighted by Crippen LogP contribution is 2.33. The summed E-state index contributed by atoms with van der Waals surface area (Å²) < 4.78 is 1.87. The molecule has 34 heavy (non-hydrogen) atoms. The van der Waals surface area contributed by atoms with Crippen LogP contribution in [0.15, 0.2) is 65.2 Å². The Morgan fingerprint density at radius 2 is 2.18 bits per heavy atom. The Morgan fingerprint density at radius 3 is 2.85 bits per heavy atom. The van der Waals surface area contributed by atoms with Crippen LogP contribution in [0.5, 0.6) is 0 Å². The molecular formula is C25H26N8O. The standard InChI is InChI=1S/C25H26N8O/c1-3-33-13-18(11-29-33)20-8-17-5-6-19(25(27)34)24(23(17)30-20)31-21-14-32(12-15(21)2)22-7-4-16(9-26)10-28-22/h4-8,10-11,13,15,17,21,31H,3,12,14H2,1-2H3,(H2,27,34)/t15-,17?,21+/m0/s1. The molecule has 0 saturated carbocycles. The number of hydrogen-bond donors (Lipinski definition) is 2. The zero-order valence-electron chi connectivity index (χ0n) is 19.1. The number of aliphatic imine (C=N–C) groups is 1.